The Hall–Kier alpha value is -3.81. The highest BCUT2D eigenvalue weighted by atomic mass is 16.2. The summed E-state index contributed by atoms with van der Waals surface area (Å²) >= 11 is 0. The number of aromatic nitrogens is 3. The van der Waals surface area contributed by atoms with Gasteiger partial charge in [-0.25, -0.2) is 9.97 Å². The molecule has 2 amide bonds. The Morgan fingerprint density at radius 2 is 1.68 bits per heavy atom. The van der Waals surface area contributed by atoms with Crippen LogP contribution in [0.1, 0.15) is 28.8 Å². The molecular formula is C20H20N6O2. The van der Waals surface area contributed by atoms with Crippen LogP contribution in [-0.4, -0.2) is 26.8 Å². The molecule has 0 atom stereocenters. The first-order chi connectivity index (χ1) is 13.5. The molecule has 0 fully saturated rings. The van der Waals surface area contributed by atoms with Crippen LogP contribution in [0, 0.1) is 6.92 Å². The van der Waals surface area contributed by atoms with E-state index in [-0.39, 0.29) is 17.5 Å². The summed E-state index contributed by atoms with van der Waals surface area (Å²) in [5, 5.41) is 8.65. The van der Waals surface area contributed by atoms with Gasteiger partial charge in [-0.2, -0.15) is 0 Å². The van der Waals surface area contributed by atoms with Gasteiger partial charge in [-0.1, -0.05) is 6.07 Å². The molecule has 0 bridgehead atoms. The van der Waals surface area contributed by atoms with Gasteiger partial charge >= 0.3 is 0 Å². The molecule has 3 aromatic rings. The van der Waals surface area contributed by atoms with Crippen molar-refractivity contribution in [1.82, 2.24) is 15.0 Å². The van der Waals surface area contributed by atoms with E-state index in [2.05, 4.69) is 30.9 Å². The topological polar surface area (TPSA) is 109 Å². The Labute approximate surface area is 162 Å². The first kappa shape index (κ1) is 19.0. The lowest BCUT2D eigenvalue weighted by molar-refractivity contribution is -0.114. The number of rotatable bonds is 6. The standard InChI is InChI=1S/C20H20N6O2/c1-13-23-18(11-19(24-13)22-12-15-6-8-21-9-7-15)20(28)26-17-5-3-4-16(10-17)25-14(2)27/h3-11H,12H2,1-2H3,(H,25,27)(H,26,28)(H,22,23,24). The Balaban J connectivity index is 1.71. The lowest BCUT2D eigenvalue weighted by atomic mass is 10.2. The quantitative estimate of drug-likeness (QED) is 0.610. The lowest BCUT2D eigenvalue weighted by Gasteiger charge is -2.10. The molecular weight excluding hydrogens is 356 g/mol. The number of aryl methyl sites for hydroxylation is 1. The molecule has 142 valence electrons. The molecule has 2 heterocycles. The second-order valence-corrected chi connectivity index (χ2v) is 6.11. The van der Waals surface area contributed by atoms with Crippen molar-refractivity contribution >= 4 is 29.0 Å². The SMILES string of the molecule is CC(=O)Nc1cccc(NC(=O)c2cc(NCc3ccncc3)nc(C)n2)c1. The number of nitrogens with one attached hydrogen (secondary N) is 3. The number of anilines is 3. The predicted octanol–water partition coefficient (Wildman–Crippen LogP) is 3.00. The third-order valence-corrected chi connectivity index (χ3v) is 3.73. The number of amides is 2. The van der Waals surface area contributed by atoms with Crippen molar-refractivity contribution in [2.24, 2.45) is 0 Å². The van der Waals surface area contributed by atoms with Gasteiger partial charge in [0.05, 0.1) is 0 Å². The minimum Gasteiger partial charge on any atom is -0.366 e. The summed E-state index contributed by atoms with van der Waals surface area (Å²) < 4.78 is 0. The van der Waals surface area contributed by atoms with Crippen LogP contribution in [0.25, 0.3) is 0 Å². The van der Waals surface area contributed by atoms with E-state index in [9.17, 15) is 9.59 Å². The number of carbonyl (C=O) groups is 2. The molecule has 0 spiro atoms. The number of pyridine rings is 1. The average Bonchev–Trinajstić information content (AvgIpc) is 2.66. The number of hydrogen-bond acceptors (Lipinski definition) is 6. The fraction of sp³-hybridized carbons (Fsp3) is 0.150. The summed E-state index contributed by atoms with van der Waals surface area (Å²) in [7, 11) is 0. The van der Waals surface area contributed by atoms with Crippen LogP contribution in [0.4, 0.5) is 17.2 Å². The average molecular weight is 376 g/mol. The summed E-state index contributed by atoms with van der Waals surface area (Å²) in [6, 6.07) is 12.3. The first-order valence-electron chi connectivity index (χ1n) is 8.67. The highest BCUT2D eigenvalue weighted by molar-refractivity contribution is 6.03. The van der Waals surface area contributed by atoms with Gasteiger partial charge in [0.1, 0.15) is 17.3 Å². The van der Waals surface area contributed by atoms with Crippen LogP contribution in [0.3, 0.4) is 0 Å². The van der Waals surface area contributed by atoms with Crippen LogP contribution >= 0.6 is 0 Å². The zero-order valence-corrected chi connectivity index (χ0v) is 15.6. The van der Waals surface area contributed by atoms with E-state index in [4.69, 9.17) is 0 Å². The Morgan fingerprint density at radius 1 is 0.964 bits per heavy atom. The third kappa shape index (κ3) is 5.34. The van der Waals surface area contributed by atoms with Crippen molar-refractivity contribution < 1.29 is 9.59 Å². The summed E-state index contributed by atoms with van der Waals surface area (Å²) in [4.78, 5) is 36.3. The van der Waals surface area contributed by atoms with E-state index in [1.807, 2.05) is 12.1 Å². The van der Waals surface area contributed by atoms with Gasteiger partial charge in [0.15, 0.2) is 0 Å². The van der Waals surface area contributed by atoms with Gasteiger partial charge in [-0.15, -0.1) is 0 Å². The van der Waals surface area contributed by atoms with Crippen molar-refractivity contribution in [2.45, 2.75) is 20.4 Å². The van der Waals surface area contributed by atoms with E-state index in [1.165, 1.54) is 6.92 Å². The highest BCUT2D eigenvalue weighted by Gasteiger charge is 2.11. The van der Waals surface area contributed by atoms with Crippen molar-refractivity contribution in [1.29, 1.82) is 0 Å². The molecule has 0 aliphatic heterocycles. The molecule has 8 heteroatoms. The molecule has 0 aliphatic carbocycles. The molecule has 0 unspecified atom stereocenters. The van der Waals surface area contributed by atoms with Crippen molar-refractivity contribution in [3.8, 4) is 0 Å². The zero-order chi connectivity index (χ0) is 19.9. The van der Waals surface area contributed by atoms with Gasteiger partial charge in [-0.05, 0) is 42.8 Å². The molecule has 0 radical (unpaired) electrons. The fourth-order valence-electron chi connectivity index (χ4n) is 2.54. The van der Waals surface area contributed by atoms with Gasteiger partial charge in [-0.3, -0.25) is 14.6 Å². The molecule has 0 saturated heterocycles. The third-order valence-electron chi connectivity index (χ3n) is 3.73. The monoisotopic (exact) mass is 376 g/mol. The zero-order valence-electron chi connectivity index (χ0n) is 15.6. The van der Waals surface area contributed by atoms with E-state index in [0.717, 1.165) is 5.56 Å². The lowest BCUT2D eigenvalue weighted by Crippen LogP contribution is -2.16. The summed E-state index contributed by atoms with van der Waals surface area (Å²) in [6.45, 7) is 3.71. The van der Waals surface area contributed by atoms with E-state index in [0.29, 0.717) is 29.6 Å². The van der Waals surface area contributed by atoms with Crippen molar-refractivity contribution in [3.05, 3.63) is 71.9 Å². The Morgan fingerprint density at radius 3 is 2.39 bits per heavy atom. The number of benzene rings is 1. The molecule has 28 heavy (non-hydrogen) atoms. The number of carbonyl (C=O) groups excluding carboxylic acids is 2. The first-order valence-corrected chi connectivity index (χ1v) is 8.67. The predicted molar refractivity (Wildman–Crippen MR) is 107 cm³/mol. The Kier molecular flexibility index (Phi) is 5.91. The molecule has 1 aromatic carbocycles. The van der Waals surface area contributed by atoms with Gasteiger partial charge in [0, 0.05) is 43.3 Å². The Bertz CT molecular complexity index is 991. The van der Waals surface area contributed by atoms with E-state index >= 15 is 0 Å². The second kappa shape index (κ2) is 8.72. The molecule has 0 saturated carbocycles. The summed E-state index contributed by atoms with van der Waals surface area (Å²) in [5.41, 5.74) is 2.45. The normalized spacial score (nSPS) is 10.2. The maximum Gasteiger partial charge on any atom is 0.274 e. The minimum atomic E-state index is -0.363. The van der Waals surface area contributed by atoms with Crippen LogP contribution in [0.5, 0.6) is 0 Å². The van der Waals surface area contributed by atoms with Gasteiger partial charge < -0.3 is 16.0 Å². The number of hydrogen-bond donors (Lipinski definition) is 3. The highest BCUT2D eigenvalue weighted by Crippen LogP contribution is 2.17. The van der Waals surface area contributed by atoms with Crippen LogP contribution in [0.2, 0.25) is 0 Å². The largest absolute Gasteiger partial charge is 0.366 e. The molecule has 8 nitrogen and oxygen atoms in total. The van der Waals surface area contributed by atoms with Crippen LogP contribution < -0.4 is 16.0 Å². The van der Waals surface area contributed by atoms with Crippen molar-refractivity contribution in [3.63, 3.8) is 0 Å². The number of nitrogens with zero attached hydrogens (tertiary/aromatic N) is 3. The van der Waals surface area contributed by atoms with Gasteiger partial charge in [0.2, 0.25) is 5.91 Å². The van der Waals surface area contributed by atoms with E-state index < -0.39 is 0 Å². The van der Waals surface area contributed by atoms with E-state index in [1.54, 1.807) is 49.6 Å². The summed E-state index contributed by atoms with van der Waals surface area (Å²) in [6.07, 6.45) is 3.44. The maximum atomic E-state index is 12.6. The minimum absolute atomic E-state index is 0.181. The second-order valence-electron chi connectivity index (χ2n) is 6.11. The fourth-order valence-corrected chi connectivity index (χ4v) is 2.54. The van der Waals surface area contributed by atoms with Crippen molar-refractivity contribution in [2.75, 3.05) is 16.0 Å². The molecule has 3 rings (SSSR count). The van der Waals surface area contributed by atoms with Gasteiger partial charge in [0.25, 0.3) is 5.91 Å². The van der Waals surface area contributed by atoms with Crippen LogP contribution in [0.15, 0.2) is 54.9 Å². The smallest absolute Gasteiger partial charge is 0.274 e. The molecule has 2 aromatic heterocycles. The molecule has 3 N–H and O–H groups in total. The maximum absolute atomic E-state index is 12.6. The van der Waals surface area contributed by atoms with Crippen LogP contribution in [-0.2, 0) is 11.3 Å². The summed E-state index contributed by atoms with van der Waals surface area (Å²) in [5.74, 6) is 0.496. The molecule has 0 aliphatic rings.